The van der Waals surface area contributed by atoms with Crippen molar-refractivity contribution in [2.75, 3.05) is 0 Å². The highest BCUT2D eigenvalue weighted by atomic mass is 28.5. The van der Waals surface area contributed by atoms with Crippen LogP contribution in [0.25, 0.3) is 0 Å². The van der Waals surface area contributed by atoms with Gasteiger partial charge in [0, 0.05) is 5.54 Å². The first kappa shape index (κ1) is 20.8. The van der Waals surface area contributed by atoms with Gasteiger partial charge in [-0.05, 0) is 42.6 Å². The molecule has 24 heavy (non-hydrogen) atoms. The van der Waals surface area contributed by atoms with E-state index in [1.165, 1.54) is 38.1 Å². The molecule has 1 aliphatic carbocycles. The highest BCUT2D eigenvalue weighted by molar-refractivity contribution is 6.95. The van der Waals surface area contributed by atoms with E-state index in [0.29, 0.717) is 0 Å². The third-order valence-electron chi connectivity index (χ3n) is 6.04. The van der Waals surface area contributed by atoms with Crippen LogP contribution < -0.4 is 0 Å². The lowest BCUT2D eigenvalue weighted by Gasteiger charge is -2.54. The van der Waals surface area contributed by atoms with Gasteiger partial charge in [-0.15, -0.1) is 0 Å². The number of rotatable bonds is 10. The van der Waals surface area contributed by atoms with Crippen molar-refractivity contribution in [2.45, 2.75) is 109 Å². The second-order valence-corrected chi connectivity index (χ2v) is 19.3. The molecule has 1 saturated heterocycles. The fourth-order valence-corrected chi connectivity index (χ4v) is 24.9. The quantitative estimate of drug-likeness (QED) is 0.403. The molecule has 0 aromatic heterocycles. The van der Waals surface area contributed by atoms with Gasteiger partial charge in [0.2, 0.25) is 0 Å². The van der Waals surface area contributed by atoms with Crippen LogP contribution in [0.5, 0.6) is 0 Å². The summed E-state index contributed by atoms with van der Waals surface area (Å²) < 4.78 is 21.2. The molecule has 142 valence electrons. The Labute approximate surface area is 153 Å². The van der Waals surface area contributed by atoms with Gasteiger partial charge in [0.05, 0.1) is 0 Å². The summed E-state index contributed by atoms with van der Waals surface area (Å²) in [4.78, 5) is 0. The van der Waals surface area contributed by atoms with Crippen LogP contribution in [-0.2, 0) is 12.3 Å². The molecule has 2 aliphatic rings. The van der Waals surface area contributed by atoms with Crippen LogP contribution in [0.3, 0.4) is 0 Å². The van der Waals surface area contributed by atoms with E-state index in [0.717, 1.165) is 35.6 Å². The van der Waals surface area contributed by atoms with Crippen LogP contribution in [0.2, 0.25) is 35.8 Å². The molecular weight excluding hydrogens is 348 g/mol. The molecule has 0 spiro atoms. The molecule has 0 amide bonds. The van der Waals surface area contributed by atoms with Gasteiger partial charge in [-0.3, -0.25) is 0 Å². The van der Waals surface area contributed by atoms with Crippen molar-refractivity contribution in [1.29, 1.82) is 0 Å². The molecule has 1 heterocycles. The fraction of sp³-hybridized carbons (Fsp3) is 1.00. The van der Waals surface area contributed by atoms with Gasteiger partial charge in [0.15, 0.2) is 0 Å². The Morgan fingerprint density at radius 2 is 1.21 bits per heavy atom. The summed E-state index contributed by atoms with van der Waals surface area (Å²) in [5.41, 5.74) is 0.747. The van der Waals surface area contributed by atoms with E-state index in [1.54, 1.807) is 0 Å². The molecule has 3 nitrogen and oxygen atoms in total. The van der Waals surface area contributed by atoms with Crippen molar-refractivity contribution in [3.8, 4) is 0 Å². The minimum Gasteiger partial charge on any atom is -0.415 e. The third kappa shape index (κ3) is 4.09. The lowest BCUT2D eigenvalue weighted by molar-refractivity contribution is 0.204. The van der Waals surface area contributed by atoms with Crippen molar-refractivity contribution in [2.24, 2.45) is 5.92 Å². The summed E-state index contributed by atoms with van der Waals surface area (Å²) in [5.74, 6) is 0.858. The highest BCUT2D eigenvalue weighted by Gasteiger charge is 2.66. The monoisotopic (exact) mass is 388 g/mol. The molecular formula is C18H40O3Si3. The fourth-order valence-electron chi connectivity index (χ4n) is 4.66. The third-order valence-corrected chi connectivity index (χ3v) is 22.5. The number of hydrogen-bond donors (Lipinski definition) is 0. The summed E-state index contributed by atoms with van der Waals surface area (Å²) in [5, 5.41) is 0. The van der Waals surface area contributed by atoms with Crippen LogP contribution in [0.4, 0.5) is 0 Å². The van der Waals surface area contributed by atoms with Crippen LogP contribution in [-0.4, -0.2) is 25.7 Å². The maximum atomic E-state index is 7.12. The van der Waals surface area contributed by atoms with Gasteiger partial charge in [0.25, 0.3) is 0 Å². The second-order valence-electron chi connectivity index (χ2n) is 7.91. The van der Waals surface area contributed by atoms with Crippen LogP contribution in [0.1, 0.15) is 73.6 Å². The zero-order chi connectivity index (χ0) is 17.8. The van der Waals surface area contributed by atoms with Crippen molar-refractivity contribution in [3.05, 3.63) is 0 Å². The highest BCUT2D eigenvalue weighted by Crippen LogP contribution is 2.59. The SMILES string of the molecule is CCC[Si]1(CC)O[Si](CC)(CCC)O[Si](CCC)(C2CC2CC)O1. The molecule has 1 saturated carbocycles. The van der Waals surface area contributed by atoms with Crippen LogP contribution in [0, 0.1) is 5.92 Å². The summed E-state index contributed by atoms with van der Waals surface area (Å²) in [6.45, 7) is 13.8. The maximum Gasteiger partial charge on any atom is 0.324 e. The topological polar surface area (TPSA) is 27.7 Å². The zero-order valence-electron chi connectivity index (χ0n) is 17.0. The van der Waals surface area contributed by atoms with Gasteiger partial charge < -0.3 is 12.3 Å². The van der Waals surface area contributed by atoms with Crippen molar-refractivity contribution in [3.63, 3.8) is 0 Å². The molecule has 0 bridgehead atoms. The summed E-state index contributed by atoms with van der Waals surface area (Å²) in [7, 11) is -6.30. The van der Waals surface area contributed by atoms with E-state index in [2.05, 4.69) is 41.5 Å². The van der Waals surface area contributed by atoms with Gasteiger partial charge in [0.1, 0.15) is 0 Å². The van der Waals surface area contributed by atoms with Gasteiger partial charge in [-0.25, -0.2) is 0 Å². The molecule has 4 unspecified atom stereocenters. The minimum atomic E-state index is -2.12. The average molecular weight is 389 g/mol. The van der Waals surface area contributed by atoms with Crippen molar-refractivity contribution >= 4 is 25.7 Å². The molecule has 0 N–H and O–H groups in total. The molecule has 1 aliphatic heterocycles. The van der Waals surface area contributed by atoms with Crippen LogP contribution >= 0.6 is 0 Å². The predicted octanol–water partition coefficient (Wildman–Crippen LogP) is 6.45. The van der Waals surface area contributed by atoms with E-state index >= 15 is 0 Å². The Morgan fingerprint density at radius 1 is 0.708 bits per heavy atom. The molecule has 2 fully saturated rings. The zero-order valence-corrected chi connectivity index (χ0v) is 20.0. The Bertz CT molecular complexity index is 387. The Kier molecular flexibility index (Phi) is 7.36. The van der Waals surface area contributed by atoms with E-state index in [-0.39, 0.29) is 0 Å². The largest absolute Gasteiger partial charge is 0.415 e. The van der Waals surface area contributed by atoms with E-state index in [1.807, 2.05) is 0 Å². The summed E-state index contributed by atoms with van der Waals surface area (Å²) in [6.07, 6.45) is 6.19. The first-order valence-electron chi connectivity index (χ1n) is 10.6. The predicted molar refractivity (Wildman–Crippen MR) is 109 cm³/mol. The Hall–Kier alpha value is 0.531. The normalized spacial score (nSPS) is 42.2. The molecule has 4 atom stereocenters. The summed E-state index contributed by atoms with van der Waals surface area (Å²) >= 11 is 0. The molecule has 2 rings (SSSR count). The molecule has 0 aromatic carbocycles. The van der Waals surface area contributed by atoms with Gasteiger partial charge >= 0.3 is 25.7 Å². The molecule has 6 heteroatoms. The Morgan fingerprint density at radius 3 is 1.54 bits per heavy atom. The van der Waals surface area contributed by atoms with E-state index in [9.17, 15) is 0 Å². The Balaban J connectivity index is 2.40. The smallest absolute Gasteiger partial charge is 0.324 e. The lowest BCUT2D eigenvalue weighted by Crippen LogP contribution is -2.70. The van der Waals surface area contributed by atoms with Gasteiger partial charge in [-0.1, -0.05) is 67.2 Å². The lowest BCUT2D eigenvalue weighted by atomic mass is 10.3. The standard InChI is InChI=1S/C18H40O3Si3/c1-7-13-22(11-5)19-23(12-6,14-8-2)21-24(20-22,15-9-3)18-16-17(18)10-4/h17-18H,7-16H2,1-6H3. The number of hydrogen-bond acceptors (Lipinski definition) is 3. The van der Waals surface area contributed by atoms with Gasteiger partial charge in [-0.2, -0.15) is 0 Å². The van der Waals surface area contributed by atoms with E-state index < -0.39 is 25.7 Å². The van der Waals surface area contributed by atoms with Crippen molar-refractivity contribution in [1.82, 2.24) is 0 Å². The maximum absolute atomic E-state index is 7.12. The second kappa shape index (κ2) is 8.48. The van der Waals surface area contributed by atoms with Crippen molar-refractivity contribution < 1.29 is 12.3 Å². The molecule has 0 aromatic rings. The molecule has 0 radical (unpaired) electrons. The average Bonchev–Trinajstić information content (AvgIpc) is 3.36. The minimum absolute atomic E-state index is 0.747. The van der Waals surface area contributed by atoms with Crippen LogP contribution in [0.15, 0.2) is 0 Å². The summed E-state index contributed by atoms with van der Waals surface area (Å²) in [6, 6.07) is 5.71. The first-order chi connectivity index (χ1) is 11.5. The van der Waals surface area contributed by atoms with E-state index in [4.69, 9.17) is 12.3 Å². The first-order valence-corrected chi connectivity index (χ1v) is 17.1.